The van der Waals surface area contributed by atoms with Gasteiger partial charge in [0.2, 0.25) is 0 Å². The number of nitrogens with zero attached hydrogens (tertiary/aromatic N) is 3. The van der Waals surface area contributed by atoms with Crippen LogP contribution >= 0.6 is 11.3 Å². The lowest BCUT2D eigenvalue weighted by atomic mass is 10.1. The van der Waals surface area contributed by atoms with E-state index in [1.54, 1.807) is 6.20 Å². The summed E-state index contributed by atoms with van der Waals surface area (Å²) in [5, 5.41) is 0. The zero-order chi connectivity index (χ0) is 21.7. The maximum atomic E-state index is 13.0. The number of rotatable bonds is 10. The Morgan fingerprint density at radius 2 is 2.17 bits per heavy atom. The molecular weight excluding hydrogens is 416 g/mol. The molecule has 0 bridgehead atoms. The quantitative estimate of drug-likeness (QED) is 0.506. The minimum atomic E-state index is -1.18. The number of imidazole rings is 1. The van der Waals surface area contributed by atoms with E-state index >= 15 is 0 Å². The highest BCUT2D eigenvalue weighted by Gasteiger charge is 2.16. The second kappa shape index (κ2) is 10.3. The molecule has 6 nitrogen and oxygen atoms in total. The first-order chi connectivity index (χ1) is 14.4. The number of aromatic nitrogens is 3. The van der Waals surface area contributed by atoms with Crippen molar-refractivity contribution >= 4 is 22.3 Å². The first-order valence-electron chi connectivity index (χ1n) is 10.3. The summed E-state index contributed by atoms with van der Waals surface area (Å²) in [4.78, 5) is 20.0. The molecule has 0 radical (unpaired) electrons. The number of aromatic amines is 1. The average Bonchev–Trinajstić information content (AvgIpc) is 3.39. The number of thiophene rings is 1. The topological polar surface area (TPSA) is 71.0 Å². The molecule has 0 saturated carbocycles. The number of hydrogen-bond acceptors (Lipinski definition) is 4. The molecule has 3 rings (SSSR count). The van der Waals surface area contributed by atoms with Crippen LogP contribution in [0.15, 0.2) is 45.9 Å². The Bertz CT molecular complexity index is 1040. The molecule has 0 saturated heterocycles. The molecule has 0 aromatic carbocycles. The third-order valence-electron chi connectivity index (χ3n) is 5.25. The van der Waals surface area contributed by atoms with Crippen molar-refractivity contribution in [2.45, 2.75) is 50.8 Å². The van der Waals surface area contributed by atoms with Gasteiger partial charge in [-0.2, -0.15) is 0 Å². The summed E-state index contributed by atoms with van der Waals surface area (Å²) in [6.45, 7) is 7.86. The molecule has 162 valence electrons. The molecule has 0 amide bonds. The van der Waals surface area contributed by atoms with E-state index in [4.69, 9.17) is 0 Å². The van der Waals surface area contributed by atoms with Gasteiger partial charge in [0.1, 0.15) is 15.2 Å². The minimum Gasteiger partial charge on any atom is -0.337 e. The summed E-state index contributed by atoms with van der Waals surface area (Å²) in [6.07, 6.45) is 8.39. The van der Waals surface area contributed by atoms with Crippen molar-refractivity contribution < 1.29 is 4.21 Å². The van der Waals surface area contributed by atoms with Crippen LogP contribution in [-0.2, 0) is 24.0 Å². The van der Waals surface area contributed by atoms with Crippen molar-refractivity contribution in [3.8, 4) is 10.4 Å². The normalized spacial score (nSPS) is 13.6. The lowest BCUT2D eigenvalue weighted by molar-refractivity contribution is 0.407. The Morgan fingerprint density at radius 1 is 1.37 bits per heavy atom. The van der Waals surface area contributed by atoms with Crippen LogP contribution in [0.3, 0.4) is 0 Å². The molecule has 0 fully saturated rings. The first-order valence-corrected chi connectivity index (χ1v) is 12.2. The molecule has 0 aliphatic rings. The lowest BCUT2D eigenvalue weighted by Gasteiger charge is -2.17. The molecule has 0 aliphatic heterocycles. The van der Waals surface area contributed by atoms with E-state index in [2.05, 4.69) is 21.5 Å². The van der Waals surface area contributed by atoms with Crippen molar-refractivity contribution in [3.63, 3.8) is 0 Å². The number of pyridine rings is 1. The van der Waals surface area contributed by atoms with Gasteiger partial charge in [-0.25, -0.2) is 13.5 Å². The molecule has 3 aromatic heterocycles. The Morgan fingerprint density at radius 3 is 2.87 bits per heavy atom. The molecule has 8 heteroatoms. The fourth-order valence-corrected chi connectivity index (χ4v) is 6.02. The summed E-state index contributed by atoms with van der Waals surface area (Å²) in [5.74, 6) is 0.547. The van der Waals surface area contributed by atoms with E-state index in [0.717, 1.165) is 51.8 Å². The van der Waals surface area contributed by atoms with Gasteiger partial charge in [-0.05, 0) is 50.3 Å². The average molecular weight is 447 g/mol. The van der Waals surface area contributed by atoms with Crippen LogP contribution in [-0.4, -0.2) is 36.6 Å². The molecule has 1 N–H and O–H groups in total. The van der Waals surface area contributed by atoms with Gasteiger partial charge in [-0.1, -0.05) is 13.8 Å². The van der Waals surface area contributed by atoms with Gasteiger partial charge in [0.05, 0.1) is 6.33 Å². The second-order valence-corrected chi connectivity index (χ2v) is 10.6. The van der Waals surface area contributed by atoms with Gasteiger partial charge in [0, 0.05) is 54.2 Å². The van der Waals surface area contributed by atoms with Crippen LogP contribution in [0, 0.1) is 12.8 Å². The predicted molar refractivity (Wildman–Crippen MR) is 124 cm³/mol. The predicted octanol–water partition coefficient (Wildman–Crippen LogP) is 4.24. The number of hydrogen-bond donors (Lipinski definition) is 1. The summed E-state index contributed by atoms with van der Waals surface area (Å²) < 4.78 is 17.8. The van der Waals surface area contributed by atoms with Gasteiger partial charge in [-0.3, -0.25) is 4.79 Å². The van der Waals surface area contributed by atoms with Crippen molar-refractivity contribution in [2.24, 2.45) is 5.92 Å². The highest BCUT2D eigenvalue weighted by molar-refractivity contribution is 7.85. The van der Waals surface area contributed by atoms with Crippen LogP contribution in [0.5, 0.6) is 0 Å². The van der Waals surface area contributed by atoms with Gasteiger partial charge in [0.15, 0.2) is 0 Å². The van der Waals surface area contributed by atoms with E-state index in [-0.39, 0.29) is 5.56 Å². The Hall–Kier alpha value is -2.03. The van der Waals surface area contributed by atoms with Gasteiger partial charge < -0.3 is 9.55 Å². The van der Waals surface area contributed by atoms with Crippen molar-refractivity contribution in [2.75, 3.05) is 13.6 Å². The maximum absolute atomic E-state index is 13.0. The van der Waals surface area contributed by atoms with Gasteiger partial charge in [0.25, 0.3) is 5.56 Å². The van der Waals surface area contributed by atoms with Crippen LogP contribution in [0.2, 0.25) is 0 Å². The number of H-pyrrole nitrogens is 1. The number of aryl methyl sites for hydroxylation is 2. The molecule has 3 aromatic rings. The van der Waals surface area contributed by atoms with E-state index in [9.17, 15) is 9.00 Å². The summed E-state index contributed by atoms with van der Waals surface area (Å²) in [6, 6.07) is 5.89. The lowest BCUT2D eigenvalue weighted by Crippen LogP contribution is -2.22. The highest BCUT2D eigenvalue weighted by atomic mass is 32.2. The zero-order valence-corrected chi connectivity index (χ0v) is 19.7. The third kappa shape index (κ3) is 5.56. The largest absolute Gasteiger partial charge is 0.337 e. The highest BCUT2D eigenvalue weighted by Crippen LogP contribution is 2.32. The Labute approximate surface area is 184 Å². The zero-order valence-electron chi connectivity index (χ0n) is 18.1. The molecule has 0 spiro atoms. The molecule has 0 aliphatic carbocycles. The molecular formula is C22H30N4O2S2. The van der Waals surface area contributed by atoms with Crippen molar-refractivity contribution in [3.05, 3.63) is 58.5 Å². The summed E-state index contributed by atoms with van der Waals surface area (Å²) >= 11 is 1.53. The van der Waals surface area contributed by atoms with Crippen molar-refractivity contribution in [1.29, 1.82) is 0 Å². The van der Waals surface area contributed by atoms with E-state index in [1.165, 1.54) is 11.3 Å². The maximum Gasteiger partial charge on any atom is 0.251 e. The molecule has 3 heterocycles. The van der Waals surface area contributed by atoms with Gasteiger partial charge >= 0.3 is 0 Å². The molecule has 2 atom stereocenters. The monoisotopic (exact) mass is 446 g/mol. The van der Waals surface area contributed by atoms with E-state index < -0.39 is 11.0 Å². The van der Waals surface area contributed by atoms with E-state index in [1.807, 2.05) is 55.9 Å². The fourth-order valence-electron chi connectivity index (χ4n) is 3.49. The molecule has 2 unspecified atom stereocenters. The Kier molecular flexibility index (Phi) is 7.80. The SMILES string of the molecule is CCc1cc(-c2ccc(S(=O)N(C)CCCC(C)Cn3ccnc3)s2)c(C)[nH]c1=O. The fraction of sp³-hybridized carbons (Fsp3) is 0.455. The van der Waals surface area contributed by atoms with Crippen molar-refractivity contribution in [1.82, 2.24) is 18.8 Å². The third-order valence-corrected chi connectivity index (χ3v) is 8.07. The minimum absolute atomic E-state index is 0.0268. The van der Waals surface area contributed by atoms with Gasteiger partial charge in [-0.15, -0.1) is 11.3 Å². The van der Waals surface area contributed by atoms with Crippen LogP contribution in [0.25, 0.3) is 10.4 Å². The summed E-state index contributed by atoms with van der Waals surface area (Å²) in [5.41, 5.74) is 2.60. The van der Waals surface area contributed by atoms with Crippen LogP contribution in [0.1, 0.15) is 37.9 Å². The van der Waals surface area contributed by atoms with Crippen LogP contribution < -0.4 is 5.56 Å². The summed E-state index contributed by atoms with van der Waals surface area (Å²) in [7, 11) is 0.732. The Balaban J connectivity index is 1.58. The van der Waals surface area contributed by atoms with Crippen LogP contribution in [0.4, 0.5) is 0 Å². The number of nitrogens with one attached hydrogen (secondary N) is 1. The molecule has 30 heavy (non-hydrogen) atoms. The standard InChI is InChI=1S/C22H30N4O2S2/c1-5-18-13-19(17(3)24-22(18)27)20-8-9-21(29-20)30(28)25(4)11-6-7-16(2)14-26-12-10-23-15-26/h8-10,12-13,15-16H,5-7,11,14H2,1-4H3,(H,24,27). The van der Waals surface area contributed by atoms with E-state index in [0.29, 0.717) is 12.3 Å². The second-order valence-electron chi connectivity index (χ2n) is 7.74. The first kappa shape index (κ1) is 22.7. The smallest absolute Gasteiger partial charge is 0.251 e.